The van der Waals surface area contributed by atoms with Crippen molar-refractivity contribution >= 4 is 11.8 Å². The Morgan fingerprint density at radius 2 is 2.22 bits per heavy atom. The maximum absolute atomic E-state index is 14.4. The number of nitrogens with zero attached hydrogens (tertiary/aromatic N) is 2. The van der Waals surface area contributed by atoms with Gasteiger partial charge in [-0.1, -0.05) is 13.0 Å². The van der Waals surface area contributed by atoms with Crippen LogP contribution in [0.15, 0.2) is 36.5 Å². The summed E-state index contributed by atoms with van der Waals surface area (Å²) in [6.07, 6.45) is 1.79. The molecule has 0 bridgehead atoms. The van der Waals surface area contributed by atoms with Crippen LogP contribution in [0.3, 0.4) is 0 Å². The van der Waals surface area contributed by atoms with Crippen LogP contribution in [0.4, 0.5) is 14.9 Å². The smallest absolute Gasteiger partial charge is 0.414 e. The molecule has 1 amide bonds. The zero-order chi connectivity index (χ0) is 16.4. The first-order valence-corrected chi connectivity index (χ1v) is 7.55. The summed E-state index contributed by atoms with van der Waals surface area (Å²) in [7, 11) is 0. The molecule has 1 fully saturated rings. The number of pyridine rings is 1. The molecule has 6 heteroatoms. The third-order valence-electron chi connectivity index (χ3n) is 3.93. The third kappa shape index (κ3) is 3.03. The van der Waals surface area contributed by atoms with Crippen molar-refractivity contribution in [2.75, 3.05) is 11.4 Å². The fourth-order valence-electron chi connectivity index (χ4n) is 2.53. The molecule has 1 aromatic heterocycles. The first-order valence-electron chi connectivity index (χ1n) is 7.55. The van der Waals surface area contributed by atoms with Crippen molar-refractivity contribution in [3.63, 3.8) is 0 Å². The number of cyclic esters (lactones) is 1. The van der Waals surface area contributed by atoms with E-state index in [0.29, 0.717) is 30.0 Å². The molecule has 1 saturated heterocycles. The van der Waals surface area contributed by atoms with Gasteiger partial charge in [0.05, 0.1) is 17.9 Å². The van der Waals surface area contributed by atoms with Gasteiger partial charge in [-0.3, -0.25) is 9.88 Å². The molecule has 5 nitrogen and oxygen atoms in total. The Hall–Kier alpha value is -2.47. The number of carbonyl (C=O) groups excluding carboxylic acids is 1. The molecule has 0 saturated carbocycles. The highest BCUT2D eigenvalue weighted by Gasteiger charge is 2.31. The molecule has 1 aliphatic rings. The minimum absolute atomic E-state index is 0.143. The van der Waals surface area contributed by atoms with Crippen LogP contribution in [0.5, 0.6) is 0 Å². The lowest BCUT2D eigenvalue weighted by Gasteiger charge is -2.14. The van der Waals surface area contributed by atoms with Gasteiger partial charge in [0.1, 0.15) is 11.9 Å². The molecule has 0 unspecified atom stereocenters. The summed E-state index contributed by atoms with van der Waals surface area (Å²) in [5, 5.41) is 0. The van der Waals surface area contributed by atoms with E-state index in [4.69, 9.17) is 10.5 Å². The number of benzene rings is 1. The molecule has 120 valence electrons. The van der Waals surface area contributed by atoms with E-state index in [1.54, 1.807) is 24.4 Å². The summed E-state index contributed by atoms with van der Waals surface area (Å²) in [6.45, 7) is 2.78. The van der Waals surface area contributed by atoms with Gasteiger partial charge < -0.3 is 10.5 Å². The molecule has 3 rings (SSSR count). The molecule has 0 aliphatic carbocycles. The van der Waals surface area contributed by atoms with Crippen LogP contribution in [0.1, 0.15) is 18.9 Å². The van der Waals surface area contributed by atoms with Crippen LogP contribution in [0, 0.1) is 5.82 Å². The lowest BCUT2D eigenvalue weighted by Crippen LogP contribution is -2.24. The van der Waals surface area contributed by atoms with E-state index >= 15 is 0 Å². The lowest BCUT2D eigenvalue weighted by atomic mass is 10.1. The Bertz CT molecular complexity index is 718. The van der Waals surface area contributed by atoms with E-state index in [1.165, 1.54) is 11.0 Å². The first kappa shape index (κ1) is 15.4. The Labute approximate surface area is 133 Å². The molecular formula is C17H18FN3O2. The minimum atomic E-state index is -0.436. The molecule has 0 spiro atoms. The molecule has 2 heterocycles. The molecule has 1 atom stereocenters. The summed E-state index contributed by atoms with van der Waals surface area (Å²) >= 11 is 0. The van der Waals surface area contributed by atoms with E-state index in [-0.39, 0.29) is 6.10 Å². The fraction of sp³-hybridized carbons (Fsp3) is 0.294. The number of carbonyl (C=O) groups is 1. The summed E-state index contributed by atoms with van der Waals surface area (Å²) in [6, 6.07) is 8.22. The molecule has 1 aromatic carbocycles. The molecule has 1 aliphatic heterocycles. The van der Waals surface area contributed by atoms with Gasteiger partial charge in [-0.15, -0.1) is 0 Å². The SMILES string of the molecule is CC[C@H]1CN(c2ccc(-c3ccc(CN)cn3)c(F)c2)C(=O)O1. The Balaban J connectivity index is 1.87. The van der Waals surface area contributed by atoms with Gasteiger partial charge in [0.2, 0.25) is 0 Å². The second-order valence-electron chi connectivity index (χ2n) is 5.44. The van der Waals surface area contributed by atoms with E-state index < -0.39 is 11.9 Å². The van der Waals surface area contributed by atoms with Crippen LogP contribution in [0.25, 0.3) is 11.3 Å². The minimum Gasteiger partial charge on any atom is -0.444 e. The van der Waals surface area contributed by atoms with Crippen LogP contribution < -0.4 is 10.6 Å². The topological polar surface area (TPSA) is 68.5 Å². The standard InChI is InChI=1S/C17H18FN3O2/c1-2-13-10-21(17(22)23-13)12-4-5-14(15(18)7-12)16-6-3-11(8-19)9-20-16/h3-7,9,13H,2,8,10,19H2,1H3/t13-/m0/s1. The number of ether oxygens (including phenoxy) is 1. The van der Waals surface area contributed by atoms with Crippen molar-refractivity contribution in [1.29, 1.82) is 0 Å². The maximum Gasteiger partial charge on any atom is 0.414 e. The van der Waals surface area contributed by atoms with Gasteiger partial charge in [0, 0.05) is 18.3 Å². The first-order chi connectivity index (χ1) is 11.1. The number of hydrogen-bond donors (Lipinski definition) is 1. The van der Waals surface area contributed by atoms with E-state index in [9.17, 15) is 9.18 Å². The highest BCUT2D eigenvalue weighted by Crippen LogP contribution is 2.28. The number of rotatable bonds is 4. The van der Waals surface area contributed by atoms with E-state index in [0.717, 1.165) is 12.0 Å². The summed E-state index contributed by atoms with van der Waals surface area (Å²) in [4.78, 5) is 17.5. The van der Waals surface area contributed by atoms with Gasteiger partial charge in [-0.2, -0.15) is 0 Å². The fourth-order valence-corrected chi connectivity index (χ4v) is 2.53. The number of anilines is 1. The van der Waals surface area contributed by atoms with Crippen molar-refractivity contribution in [3.8, 4) is 11.3 Å². The lowest BCUT2D eigenvalue weighted by molar-refractivity contribution is 0.139. The average Bonchev–Trinajstić information content (AvgIpc) is 2.96. The van der Waals surface area contributed by atoms with Gasteiger partial charge in [-0.25, -0.2) is 9.18 Å². The number of amides is 1. The highest BCUT2D eigenvalue weighted by molar-refractivity contribution is 5.90. The molecule has 23 heavy (non-hydrogen) atoms. The molecule has 2 N–H and O–H groups in total. The van der Waals surface area contributed by atoms with Crippen LogP contribution in [-0.2, 0) is 11.3 Å². The van der Waals surface area contributed by atoms with Crippen molar-refractivity contribution in [1.82, 2.24) is 4.98 Å². The number of aromatic nitrogens is 1. The van der Waals surface area contributed by atoms with Crippen LogP contribution in [0.2, 0.25) is 0 Å². The third-order valence-corrected chi connectivity index (χ3v) is 3.93. The van der Waals surface area contributed by atoms with Crippen molar-refractivity contribution < 1.29 is 13.9 Å². The van der Waals surface area contributed by atoms with Crippen molar-refractivity contribution in [2.24, 2.45) is 5.73 Å². The second kappa shape index (κ2) is 6.34. The molecular weight excluding hydrogens is 297 g/mol. The normalized spacial score (nSPS) is 17.4. The quantitative estimate of drug-likeness (QED) is 0.941. The van der Waals surface area contributed by atoms with Gasteiger partial charge in [-0.05, 0) is 36.2 Å². The molecule has 0 radical (unpaired) electrons. The maximum atomic E-state index is 14.4. The Kier molecular flexibility index (Phi) is 4.25. The number of hydrogen-bond acceptors (Lipinski definition) is 4. The summed E-state index contributed by atoms with van der Waals surface area (Å²) in [5.41, 5.74) is 7.82. The van der Waals surface area contributed by atoms with Crippen molar-refractivity contribution in [3.05, 3.63) is 47.9 Å². The zero-order valence-corrected chi connectivity index (χ0v) is 12.8. The van der Waals surface area contributed by atoms with Gasteiger partial charge in [0.25, 0.3) is 0 Å². The monoisotopic (exact) mass is 315 g/mol. The van der Waals surface area contributed by atoms with Crippen molar-refractivity contribution in [2.45, 2.75) is 26.0 Å². The predicted molar refractivity (Wildman–Crippen MR) is 85.4 cm³/mol. The summed E-state index contributed by atoms with van der Waals surface area (Å²) in [5.74, 6) is -0.428. The largest absolute Gasteiger partial charge is 0.444 e. The van der Waals surface area contributed by atoms with E-state index in [1.807, 2.05) is 13.0 Å². The van der Waals surface area contributed by atoms with Crippen LogP contribution in [-0.4, -0.2) is 23.7 Å². The predicted octanol–water partition coefficient (Wildman–Crippen LogP) is 3.08. The van der Waals surface area contributed by atoms with Crippen LogP contribution >= 0.6 is 0 Å². The average molecular weight is 315 g/mol. The summed E-state index contributed by atoms with van der Waals surface area (Å²) < 4.78 is 19.6. The number of halogens is 1. The zero-order valence-electron chi connectivity index (χ0n) is 12.8. The van der Waals surface area contributed by atoms with Gasteiger partial charge >= 0.3 is 6.09 Å². The Morgan fingerprint density at radius 1 is 1.39 bits per heavy atom. The Morgan fingerprint density at radius 3 is 2.78 bits per heavy atom. The van der Waals surface area contributed by atoms with Gasteiger partial charge in [0.15, 0.2) is 0 Å². The number of nitrogens with two attached hydrogens (primary N) is 1. The second-order valence-corrected chi connectivity index (χ2v) is 5.44. The van der Waals surface area contributed by atoms with E-state index in [2.05, 4.69) is 4.98 Å². The highest BCUT2D eigenvalue weighted by atomic mass is 19.1. The molecule has 2 aromatic rings.